The van der Waals surface area contributed by atoms with E-state index in [2.05, 4.69) is 4.98 Å². The van der Waals surface area contributed by atoms with Gasteiger partial charge in [-0.1, -0.05) is 6.07 Å². The van der Waals surface area contributed by atoms with Gasteiger partial charge in [0.2, 0.25) is 0 Å². The number of nitro groups is 1. The molecular formula is C16H12N2O3S. The van der Waals surface area contributed by atoms with Crippen molar-refractivity contribution in [3.8, 4) is 27.6 Å². The number of nitro benzene ring substituents is 1. The maximum Gasteiger partial charge on any atom is 0.269 e. The fourth-order valence-electron chi connectivity index (χ4n) is 2.11. The second-order valence-electron chi connectivity index (χ2n) is 4.86. The van der Waals surface area contributed by atoms with Crippen molar-refractivity contribution in [2.75, 3.05) is 0 Å². The molecule has 22 heavy (non-hydrogen) atoms. The zero-order valence-corrected chi connectivity index (χ0v) is 12.5. The van der Waals surface area contributed by atoms with Gasteiger partial charge in [-0.2, -0.15) is 0 Å². The Balaban J connectivity index is 1.95. The molecule has 1 N–H and O–H groups in total. The predicted octanol–water partition coefficient (Wildman–Crippen LogP) is 4.40. The molecule has 1 aromatic heterocycles. The summed E-state index contributed by atoms with van der Waals surface area (Å²) in [6.45, 7) is 1.91. The smallest absolute Gasteiger partial charge is 0.269 e. The Labute approximate surface area is 130 Å². The quantitative estimate of drug-likeness (QED) is 0.574. The third kappa shape index (κ3) is 2.68. The van der Waals surface area contributed by atoms with Crippen LogP contribution in [0.1, 0.15) is 5.56 Å². The van der Waals surface area contributed by atoms with Crippen molar-refractivity contribution < 1.29 is 10.0 Å². The van der Waals surface area contributed by atoms with Crippen molar-refractivity contribution in [3.05, 3.63) is 63.5 Å². The highest BCUT2D eigenvalue weighted by atomic mass is 32.1. The average molecular weight is 312 g/mol. The van der Waals surface area contributed by atoms with E-state index in [4.69, 9.17) is 0 Å². The van der Waals surface area contributed by atoms with E-state index in [-0.39, 0.29) is 11.4 Å². The van der Waals surface area contributed by atoms with Crippen LogP contribution >= 0.6 is 11.3 Å². The van der Waals surface area contributed by atoms with Gasteiger partial charge in [0, 0.05) is 28.6 Å². The minimum absolute atomic E-state index is 0.0525. The number of phenols is 1. The van der Waals surface area contributed by atoms with Gasteiger partial charge in [-0.05, 0) is 36.8 Å². The van der Waals surface area contributed by atoms with Gasteiger partial charge in [0.1, 0.15) is 10.8 Å². The number of hydrogen-bond acceptors (Lipinski definition) is 5. The highest BCUT2D eigenvalue weighted by Crippen LogP contribution is 2.34. The lowest BCUT2D eigenvalue weighted by Crippen LogP contribution is -1.87. The lowest BCUT2D eigenvalue weighted by atomic mass is 10.1. The van der Waals surface area contributed by atoms with E-state index in [1.165, 1.54) is 23.5 Å². The third-order valence-corrected chi connectivity index (χ3v) is 4.15. The Morgan fingerprint density at radius 3 is 2.55 bits per heavy atom. The molecule has 0 unspecified atom stereocenters. The van der Waals surface area contributed by atoms with Gasteiger partial charge < -0.3 is 5.11 Å². The van der Waals surface area contributed by atoms with Crippen LogP contribution < -0.4 is 0 Å². The van der Waals surface area contributed by atoms with Crippen molar-refractivity contribution >= 4 is 17.0 Å². The molecule has 1 heterocycles. The summed E-state index contributed by atoms with van der Waals surface area (Å²) in [6, 6.07) is 11.7. The number of thiazole rings is 1. The first-order valence-electron chi connectivity index (χ1n) is 6.55. The second-order valence-corrected chi connectivity index (χ2v) is 5.72. The number of aromatic hydroxyl groups is 1. The minimum Gasteiger partial charge on any atom is -0.507 e. The molecule has 0 aliphatic rings. The monoisotopic (exact) mass is 312 g/mol. The number of rotatable bonds is 3. The Morgan fingerprint density at radius 1 is 1.18 bits per heavy atom. The molecule has 0 amide bonds. The number of hydrogen-bond donors (Lipinski definition) is 1. The summed E-state index contributed by atoms with van der Waals surface area (Å²) in [7, 11) is 0. The number of benzene rings is 2. The topological polar surface area (TPSA) is 76.3 Å². The van der Waals surface area contributed by atoms with Crippen LogP contribution in [0.3, 0.4) is 0 Å². The summed E-state index contributed by atoms with van der Waals surface area (Å²) < 4.78 is 0. The van der Waals surface area contributed by atoms with Crippen LogP contribution in [0.4, 0.5) is 5.69 Å². The highest BCUT2D eigenvalue weighted by molar-refractivity contribution is 7.13. The van der Waals surface area contributed by atoms with Crippen LogP contribution in [0.5, 0.6) is 5.75 Å². The minimum atomic E-state index is -0.429. The van der Waals surface area contributed by atoms with Crippen molar-refractivity contribution in [3.63, 3.8) is 0 Å². The molecule has 3 aromatic rings. The SMILES string of the molecule is Cc1ccc(-c2csc(-c3ccc([N+](=O)[O-])cc3)n2)c(O)c1. The summed E-state index contributed by atoms with van der Waals surface area (Å²) in [4.78, 5) is 14.7. The second kappa shape index (κ2) is 5.57. The normalized spacial score (nSPS) is 10.6. The van der Waals surface area contributed by atoms with Gasteiger partial charge in [0.05, 0.1) is 10.6 Å². The Morgan fingerprint density at radius 2 is 1.91 bits per heavy atom. The van der Waals surface area contributed by atoms with E-state index in [9.17, 15) is 15.2 Å². The number of phenolic OH excluding ortho intramolecular Hbond substituents is 1. The van der Waals surface area contributed by atoms with E-state index in [1.807, 2.05) is 24.4 Å². The van der Waals surface area contributed by atoms with Crippen LogP contribution in [-0.2, 0) is 0 Å². The number of nitrogens with zero attached hydrogens (tertiary/aromatic N) is 2. The van der Waals surface area contributed by atoms with Crippen LogP contribution in [0, 0.1) is 17.0 Å². The largest absolute Gasteiger partial charge is 0.507 e. The molecule has 3 rings (SSSR count). The fourth-order valence-corrected chi connectivity index (χ4v) is 2.94. The van der Waals surface area contributed by atoms with Crippen molar-refractivity contribution in [2.45, 2.75) is 6.92 Å². The van der Waals surface area contributed by atoms with Crippen LogP contribution in [0.25, 0.3) is 21.8 Å². The zero-order valence-electron chi connectivity index (χ0n) is 11.7. The van der Waals surface area contributed by atoms with Gasteiger partial charge in [0.25, 0.3) is 5.69 Å². The Hall–Kier alpha value is -2.73. The van der Waals surface area contributed by atoms with Gasteiger partial charge in [0.15, 0.2) is 0 Å². The standard InChI is InChI=1S/C16H12N2O3S/c1-10-2-7-13(15(19)8-10)14-9-22-16(17-14)11-3-5-12(6-4-11)18(20)21/h2-9,19H,1H3. The number of aromatic nitrogens is 1. The maximum atomic E-state index is 10.7. The first-order chi connectivity index (χ1) is 10.5. The van der Waals surface area contributed by atoms with Crippen molar-refractivity contribution in [2.24, 2.45) is 0 Å². The lowest BCUT2D eigenvalue weighted by molar-refractivity contribution is -0.384. The Kier molecular flexibility index (Phi) is 3.60. The Bertz CT molecular complexity index is 841. The summed E-state index contributed by atoms with van der Waals surface area (Å²) in [5.74, 6) is 0.195. The summed E-state index contributed by atoms with van der Waals surface area (Å²) in [5, 5.41) is 23.3. The molecular weight excluding hydrogens is 300 g/mol. The van der Waals surface area contributed by atoms with Crippen LogP contribution in [0.15, 0.2) is 47.8 Å². The molecule has 0 spiro atoms. The molecule has 6 heteroatoms. The average Bonchev–Trinajstić information content (AvgIpc) is 2.97. The van der Waals surface area contributed by atoms with Gasteiger partial charge in [-0.3, -0.25) is 10.1 Å². The summed E-state index contributed by atoms with van der Waals surface area (Å²) in [5.41, 5.74) is 3.21. The fraction of sp³-hybridized carbons (Fsp3) is 0.0625. The van der Waals surface area contributed by atoms with E-state index in [0.29, 0.717) is 11.3 Å². The van der Waals surface area contributed by atoms with E-state index >= 15 is 0 Å². The van der Waals surface area contributed by atoms with E-state index in [0.717, 1.165) is 16.1 Å². The van der Waals surface area contributed by atoms with E-state index < -0.39 is 4.92 Å². The number of non-ortho nitro benzene ring substituents is 1. The predicted molar refractivity (Wildman–Crippen MR) is 86.0 cm³/mol. The van der Waals surface area contributed by atoms with Gasteiger partial charge in [-0.25, -0.2) is 4.98 Å². The zero-order chi connectivity index (χ0) is 15.7. The molecule has 0 saturated heterocycles. The summed E-state index contributed by atoms with van der Waals surface area (Å²) in [6.07, 6.45) is 0. The first-order valence-corrected chi connectivity index (χ1v) is 7.43. The van der Waals surface area contributed by atoms with Crippen LogP contribution in [0.2, 0.25) is 0 Å². The molecule has 2 aromatic carbocycles. The molecule has 110 valence electrons. The first kappa shape index (κ1) is 14.2. The van der Waals surface area contributed by atoms with E-state index in [1.54, 1.807) is 18.2 Å². The maximum absolute atomic E-state index is 10.7. The van der Waals surface area contributed by atoms with Gasteiger partial charge >= 0.3 is 0 Å². The van der Waals surface area contributed by atoms with Crippen LogP contribution in [-0.4, -0.2) is 15.0 Å². The molecule has 0 radical (unpaired) electrons. The number of aryl methyl sites for hydroxylation is 1. The third-order valence-electron chi connectivity index (χ3n) is 3.26. The molecule has 0 bridgehead atoms. The molecule has 0 fully saturated rings. The van der Waals surface area contributed by atoms with Crippen molar-refractivity contribution in [1.82, 2.24) is 4.98 Å². The highest BCUT2D eigenvalue weighted by Gasteiger charge is 2.11. The van der Waals surface area contributed by atoms with Gasteiger partial charge in [-0.15, -0.1) is 11.3 Å². The van der Waals surface area contributed by atoms with Crippen molar-refractivity contribution in [1.29, 1.82) is 0 Å². The molecule has 0 saturated carbocycles. The molecule has 0 atom stereocenters. The molecule has 0 aliphatic carbocycles. The molecule has 5 nitrogen and oxygen atoms in total. The summed E-state index contributed by atoms with van der Waals surface area (Å²) >= 11 is 1.43. The molecule has 0 aliphatic heterocycles. The lowest BCUT2D eigenvalue weighted by Gasteiger charge is -2.02.